The minimum Gasteiger partial charge on any atom is -0.495 e. The standard InChI is InChI=1S/C18H22N6OS/c1-22-12-13(11-21-22)14-9-15(19)17(25-2)10-16(14)23-4-6-24(7-5-23)18-20-3-8-26-18/h3,8-12H,4-7,19H2,1-2H3. The lowest BCUT2D eigenvalue weighted by Crippen LogP contribution is -2.46. The smallest absolute Gasteiger partial charge is 0.185 e. The summed E-state index contributed by atoms with van der Waals surface area (Å²) in [6.07, 6.45) is 5.74. The minimum absolute atomic E-state index is 0.636. The monoisotopic (exact) mass is 370 g/mol. The van der Waals surface area contributed by atoms with Crippen LogP contribution in [0.1, 0.15) is 0 Å². The second-order valence-corrected chi connectivity index (χ2v) is 7.18. The van der Waals surface area contributed by atoms with Crippen molar-refractivity contribution < 1.29 is 4.74 Å². The van der Waals surface area contributed by atoms with Gasteiger partial charge < -0.3 is 20.3 Å². The first-order valence-electron chi connectivity index (χ1n) is 8.51. The van der Waals surface area contributed by atoms with Crippen LogP contribution < -0.4 is 20.3 Å². The van der Waals surface area contributed by atoms with E-state index in [1.807, 2.05) is 43.2 Å². The number of thiazole rings is 1. The van der Waals surface area contributed by atoms with E-state index in [-0.39, 0.29) is 0 Å². The third kappa shape index (κ3) is 3.08. The fourth-order valence-corrected chi connectivity index (χ4v) is 4.02. The first-order valence-corrected chi connectivity index (χ1v) is 9.39. The lowest BCUT2D eigenvalue weighted by molar-refractivity contribution is 0.417. The zero-order valence-corrected chi connectivity index (χ0v) is 15.7. The second-order valence-electron chi connectivity index (χ2n) is 6.30. The molecule has 26 heavy (non-hydrogen) atoms. The average molecular weight is 370 g/mol. The van der Waals surface area contributed by atoms with Crippen molar-refractivity contribution in [1.82, 2.24) is 14.8 Å². The maximum absolute atomic E-state index is 6.17. The summed E-state index contributed by atoms with van der Waals surface area (Å²) in [5, 5.41) is 7.42. The van der Waals surface area contributed by atoms with Crippen LogP contribution in [0.15, 0.2) is 36.1 Å². The van der Waals surface area contributed by atoms with Gasteiger partial charge in [-0.15, -0.1) is 11.3 Å². The summed E-state index contributed by atoms with van der Waals surface area (Å²) in [4.78, 5) is 9.14. The number of methoxy groups -OCH3 is 1. The summed E-state index contributed by atoms with van der Waals surface area (Å²) in [5.74, 6) is 0.704. The molecule has 0 aliphatic carbocycles. The summed E-state index contributed by atoms with van der Waals surface area (Å²) < 4.78 is 7.27. The molecule has 0 saturated carbocycles. The van der Waals surface area contributed by atoms with Crippen molar-refractivity contribution >= 4 is 27.8 Å². The maximum Gasteiger partial charge on any atom is 0.185 e. The van der Waals surface area contributed by atoms with E-state index in [1.165, 1.54) is 0 Å². The van der Waals surface area contributed by atoms with Gasteiger partial charge in [0.25, 0.3) is 0 Å². The van der Waals surface area contributed by atoms with Gasteiger partial charge in [0.2, 0.25) is 0 Å². The largest absolute Gasteiger partial charge is 0.495 e. The van der Waals surface area contributed by atoms with Crippen LogP contribution in [0.4, 0.5) is 16.5 Å². The highest BCUT2D eigenvalue weighted by atomic mass is 32.1. The Morgan fingerprint density at radius 3 is 2.54 bits per heavy atom. The van der Waals surface area contributed by atoms with E-state index in [2.05, 4.69) is 19.9 Å². The molecule has 0 radical (unpaired) electrons. The maximum atomic E-state index is 6.17. The summed E-state index contributed by atoms with van der Waals surface area (Å²) in [7, 11) is 3.57. The lowest BCUT2D eigenvalue weighted by atomic mass is 10.0. The number of rotatable bonds is 4. The topological polar surface area (TPSA) is 72.4 Å². The number of nitrogens with two attached hydrogens (primary N) is 1. The Bertz CT molecular complexity index is 883. The number of anilines is 3. The summed E-state index contributed by atoms with van der Waals surface area (Å²) >= 11 is 1.69. The molecule has 0 amide bonds. The number of ether oxygens (including phenoxy) is 1. The number of benzene rings is 1. The number of aromatic nitrogens is 3. The van der Waals surface area contributed by atoms with Gasteiger partial charge in [-0.2, -0.15) is 5.10 Å². The summed E-state index contributed by atoms with van der Waals surface area (Å²) in [5.41, 5.74) is 10.1. The molecule has 4 rings (SSSR count). The average Bonchev–Trinajstić information content (AvgIpc) is 3.33. The number of piperazine rings is 1. The van der Waals surface area contributed by atoms with Crippen LogP contribution in [0, 0.1) is 0 Å². The van der Waals surface area contributed by atoms with Crippen LogP contribution in [0.2, 0.25) is 0 Å². The Kier molecular flexibility index (Phi) is 4.42. The first kappa shape index (κ1) is 16.7. The van der Waals surface area contributed by atoms with Gasteiger partial charge in [0, 0.05) is 73.9 Å². The van der Waals surface area contributed by atoms with E-state index in [0.29, 0.717) is 11.4 Å². The predicted molar refractivity (Wildman–Crippen MR) is 106 cm³/mol. The Hall–Kier alpha value is -2.74. The fourth-order valence-electron chi connectivity index (χ4n) is 3.33. The van der Waals surface area contributed by atoms with Gasteiger partial charge in [0.05, 0.1) is 19.0 Å². The predicted octanol–water partition coefficient (Wildman–Crippen LogP) is 2.46. The van der Waals surface area contributed by atoms with E-state index in [9.17, 15) is 0 Å². The molecular weight excluding hydrogens is 348 g/mol. The fraction of sp³-hybridized carbons (Fsp3) is 0.333. The number of hydrogen-bond acceptors (Lipinski definition) is 7. The zero-order valence-electron chi connectivity index (χ0n) is 14.9. The molecule has 3 aromatic rings. The molecule has 2 N–H and O–H groups in total. The van der Waals surface area contributed by atoms with Crippen molar-refractivity contribution in [3.8, 4) is 16.9 Å². The molecule has 0 bridgehead atoms. The van der Waals surface area contributed by atoms with Crippen LogP contribution in [0.5, 0.6) is 5.75 Å². The highest BCUT2D eigenvalue weighted by Crippen LogP contribution is 2.38. The summed E-state index contributed by atoms with van der Waals surface area (Å²) in [6.45, 7) is 3.71. The van der Waals surface area contributed by atoms with Crippen molar-refractivity contribution in [2.24, 2.45) is 7.05 Å². The zero-order chi connectivity index (χ0) is 18.1. The molecule has 1 saturated heterocycles. The lowest BCUT2D eigenvalue weighted by Gasteiger charge is -2.37. The Morgan fingerprint density at radius 1 is 1.15 bits per heavy atom. The minimum atomic E-state index is 0.636. The third-order valence-electron chi connectivity index (χ3n) is 4.67. The molecule has 0 unspecified atom stereocenters. The molecule has 7 nitrogen and oxygen atoms in total. The molecule has 8 heteroatoms. The number of nitrogen functional groups attached to an aromatic ring is 1. The first-order chi connectivity index (χ1) is 12.7. The van der Waals surface area contributed by atoms with Gasteiger partial charge in [-0.05, 0) is 6.07 Å². The Morgan fingerprint density at radius 2 is 1.92 bits per heavy atom. The Balaban J connectivity index is 1.65. The molecule has 2 aromatic heterocycles. The molecule has 1 aromatic carbocycles. The second kappa shape index (κ2) is 6.87. The highest BCUT2D eigenvalue weighted by molar-refractivity contribution is 7.13. The van der Waals surface area contributed by atoms with Crippen LogP contribution in [-0.2, 0) is 7.05 Å². The molecule has 1 aliphatic rings. The van der Waals surface area contributed by atoms with E-state index >= 15 is 0 Å². The summed E-state index contributed by atoms with van der Waals surface area (Å²) in [6, 6.07) is 4.02. The van der Waals surface area contributed by atoms with Crippen molar-refractivity contribution in [2.45, 2.75) is 0 Å². The normalized spacial score (nSPS) is 14.7. The number of aryl methyl sites for hydroxylation is 1. The number of nitrogens with zero attached hydrogens (tertiary/aromatic N) is 5. The van der Waals surface area contributed by atoms with E-state index in [0.717, 1.165) is 48.1 Å². The molecule has 136 valence electrons. The van der Waals surface area contributed by atoms with Gasteiger partial charge in [-0.25, -0.2) is 4.98 Å². The molecule has 3 heterocycles. The highest BCUT2D eigenvalue weighted by Gasteiger charge is 2.23. The van der Waals surface area contributed by atoms with Gasteiger partial charge >= 0.3 is 0 Å². The van der Waals surface area contributed by atoms with Gasteiger partial charge in [0.1, 0.15) is 5.75 Å². The van der Waals surface area contributed by atoms with Gasteiger partial charge in [-0.1, -0.05) is 0 Å². The van der Waals surface area contributed by atoms with Crippen molar-refractivity contribution in [3.63, 3.8) is 0 Å². The van der Waals surface area contributed by atoms with E-state index < -0.39 is 0 Å². The van der Waals surface area contributed by atoms with Crippen LogP contribution in [-0.4, -0.2) is 48.1 Å². The van der Waals surface area contributed by atoms with E-state index in [4.69, 9.17) is 10.5 Å². The quantitative estimate of drug-likeness (QED) is 0.711. The van der Waals surface area contributed by atoms with Gasteiger partial charge in [-0.3, -0.25) is 4.68 Å². The van der Waals surface area contributed by atoms with Crippen molar-refractivity contribution in [3.05, 3.63) is 36.1 Å². The third-order valence-corrected chi connectivity index (χ3v) is 5.51. The van der Waals surface area contributed by atoms with Crippen LogP contribution >= 0.6 is 11.3 Å². The molecule has 1 aliphatic heterocycles. The molecule has 1 fully saturated rings. The van der Waals surface area contributed by atoms with Gasteiger partial charge in [0.15, 0.2) is 5.13 Å². The number of hydrogen-bond donors (Lipinski definition) is 1. The van der Waals surface area contributed by atoms with Crippen LogP contribution in [0.25, 0.3) is 11.1 Å². The Labute approximate surface area is 156 Å². The molecule has 0 spiro atoms. The van der Waals surface area contributed by atoms with E-state index in [1.54, 1.807) is 23.1 Å². The molecular formula is C18H22N6OS. The SMILES string of the molecule is COc1cc(N2CCN(c3nccs3)CC2)c(-c2cnn(C)c2)cc1N. The molecule has 0 atom stereocenters. The van der Waals surface area contributed by atoms with Crippen molar-refractivity contribution in [2.75, 3.05) is 48.8 Å². The van der Waals surface area contributed by atoms with Crippen LogP contribution in [0.3, 0.4) is 0 Å². The van der Waals surface area contributed by atoms with Crippen molar-refractivity contribution in [1.29, 1.82) is 0 Å².